The van der Waals surface area contributed by atoms with Crippen molar-refractivity contribution in [2.75, 3.05) is 12.4 Å². The molecule has 1 heterocycles. The van der Waals surface area contributed by atoms with E-state index in [1.54, 1.807) is 12.3 Å². The molecule has 0 saturated heterocycles. The highest BCUT2D eigenvalue weighted by Gasteiger charge is 2.04. The Hall–Kier alpha value is -2.62. The van der Waals surface area contributed by atoms with Crippen LogP contribution >= 0.6 is 0 Å². The predicted octanol–water partition coefficient (Wildman–Crippen LogP) is 3.99. The van der Waals surface area contributed by atoms with E-state index < -0.39 is 0 Å². The molecule has 0 fully saturated rings. The van der Waals surface area contributed by atoms with Crippen LogP contribution < -0.4 is 10.1 Å². The number of nitrogens with zero attached hydrogens (tertiary/aromatic N) is 1. The molecule has 0 unspecified atom stereocenters. The molecule has 0 aliphatic heterocycles. The van der Waals surface area contributed by atoms with Gasteiger partial charge in [-0.25, -0.2) is 4.39 Å². The topological polar surface area (TPSA) is 34.1 Å². The minimum Gasteiger partial charge on any atom is -0.494 e. The van der Waals surface area contributed by atoms with E-state index in [1.165, 1.54) is 19.2 Å². The van der Waals surface area contributed by atoms with Gasteiger partial charge in [0, 0.05) is 24.2 Å². The minimum absolute atomic E-state index is 0.311. The summed E-state index contributed by atoms with van der Waals surface area (Å²) in [4.78, 5) is 4.30. The second-order valence-electron chi connectivity index (χ2n) is 4.73. The molecule has 0 saturated carbocycles. The standard InChI is InChI=1S/C17H15FN2O/c1-21-17-10-14(18)5-7-16(17)20-11-12-4-6-15-13(9-12)3-2-8-19-15/h2-10,20H,11H2,1H3. The van der Waals surface area contributed by atoms with Crippen LogP contribution in [0.2, 0.25) is 0 Å². The number of nitrogens with one attached hydrogen (secondary N) is 1. The minimum atomic E-state index is -0.311. The smallest absolute Gasteiger partial charge is 0.144 e. The summed E-state index contributed by atoms with van der Waals surface area (Å²) in [6.45, 7) is 0.632. The summed E-state index contributed by atoms with van der Waals surface area (Å²) in [6.07, 6.45) is 1.78. The van der Waals surface area contributed by atoms with Gasteiger partial charge in [-0.2, -0.15) is 0 Å². The zero-order chi connectivity index (χ0) is 14.7. The molecular weight excluding hydrogens is 267 g/mol. The summed E-state index contributed by atoms with van der Waals surface area (Å²) < 4.78 is 18.3. The lowest BCUT2D eigenvalue weighted by atomic mass is 10.1. The third-order valence-electron chi connectivity index (χ3n) is 3.31. The van der Waals surface area contributed by atoms with Crippen molar-refractivity contribution in [1.82, 2.24) is 4.98 Å². The molecular formula is C17H15FN2O. The van der Waals surface area contributed by atoms with Crippen molar-refractivity contribution in [2.24, 2.45) is 0 Å². The molecule has 0 amide bonds. The average Bonchev–Trinajstić information content (AvgIpc) is 2.53. The normalized spacial score (nSPS) is 10.6. The Morgan fingerprint density at radius 3 is 2.90 bits per heavy atom. The van der Waals surface area contributed by atoms with Gasteiger partial charge in [-0.3, -0.25) is 4.98 Å². The van der Waals surface area contributed by atoms with E-state index in [-0.39, 0.29) is 5.82 Å². The molecule has 4 heteroatoms. The Labute approximate surface area is 122 Å². The van der Waals surface area contributed by atoms with Crippen molar-refractivity contribution in [3.63, 3.8) is 0 Å². The van der Waals surface area contributed by atoms with Gasteiger partial charge in [0.25, 0.3) is 0 Å². The van der Waals surface area contributed by atoms with E-state index in [0.29, 0.717) is 12.3 Å². The van der Waals surface area contributed by atoms with Gasteiger partial charge >= 0.3 is 0 Å². The number of ether oxygens (including phenoxy) is 1. The molecule has 0 radical (unpaired) electrons. The van der Waals surface area contributed by atoms with Crippen LogP contribution in [-0.2, 0) is 6.54 Å². The van der Waals surface area contributed by atoms with Crippen LogP contribution in [0.4, 0.5) is 10.1 Å². The lowest BCUT2D eigenvalue weighted by Crippen LogP contribution is -2.01. The van der Waals surface area contributed by atoms with Gasteiger partial charge in [-0.15, -0.1) is 0 Å². The van der Waals surface area contributed by atoms with E-state index >= 15 is 0 Å². The third-order valence-corrected chi connectivity index (χ3v) is 3.31. The first-order valence-electron chi connectivity index (χ1n) is 6.67. The molecule has 3 rings (SSSR count). The third kappa shape index (κ3) is 2.94. The van der Waals surface area contributed by atoms with Crippen molar-refractivity contribution in [3.8, 4) is 5.75 Å². The average molecular weight is 282 g/mol. The van der Waals surface area contributed by atoms with Gasteiger partial charge in [0.1, 0.15) is 11.6 Å². The van der Waals surface area contributed by atoms with Gasteiger partial charge < -0.3 is 10.1 Å². The molecule has 2 aromatic carbocycles. The van der Waals surface area contributed by atoms with Crippen molar-refractivity contribution in [3.05, 3.63) is 66.1 Å². The molecule has 0 aliphatic rings. The monoisotopic (exact) mass is 282 g/mol. The maximum atomic E-state index is 13.2. The van der Waals surface area contributed by atoms with Gasteiger partial charge in [0.05, 0.1) is 18.3 Å². The number of hydrogen-bond acceptors (Lipinski definition) is 3. The quantitative estimate of drug-likeness (QED) is 0.785. The first-order valence-corrected chi connectivity index (χ1v) is 6.67. The van der Waals surface area contributed by atoms with E-state index in [0.717, 1.165) is 22.2 Å². The zero-order valence-electron chi connectivity index (χ0n) is 11.6. The molecule has 3 aromatic rings. The fraction of sp³-hybridized carbons (Fsp3) is 0.118. The maximum absolute atomic E-state index is 13.2. The van der Waals surface area contributed by atoms with E-state index in [9.17, 15) is 4.39 Å². The molecule has 1 N–H and O–H groups in total. The molecule has 0 aliphatic carbocycles. The number of rotatable bonds is 4. The molecule has 21 heavy (non-hydrogen) atoms. The summed E-state index contributed by atoms with van der Waals surface area (Å²) >= 11 is 0. The highest BCUT2D eigenvalue weighted by molar-refractivity contribution is 5.79. The zero-order valence-corrected chi connectivity index (χ0v) is 11.6. The van der Waals surface area contributed by atoms with E-state index in [2.05, 4.69) is 16.4 Å². The number of aromatic nitrogens is 1. The van der Waals surface area contributed by atoms with Crippen molar-refractivity contribution in [2.45, 2.75) is 6.54 Å². The van der Waals surface area contributed by atoms with Crippen LogP contribution in [0.3, 0.4) is 0 Å². The molecule has 0 atom stereocenters. The van der Waals surface area contributed by atoms with Crippen LogP contribution in [0, 0.1) is 5.82 Å². The number of hydrogen-bond donors (Lipinski definition) is 1. The summed E-state index contributed by atoms with van der Waals surface area (Å²) in [5.41, 5.74) is 2.87. The van der Waals surface area contributed by atoms with Crippen molar-refractivity contribution < 1.29 is 9.13 Å². The van der Waals surface area contributed by atoms with Gasteiger partial charge in [0.15, 0.2) is 0 Å². The second kappa shape index (κ2) is 5.79. The van der Waals surface area contributed by atoms with Crippen LogP contribution in [0.1, 0.15) is 5.56 Å². The lowest BCUT2D eigenvalue weighted by Gasteiger charge is -2.11. The van der Waals surface area contributed by atoms with Crippen LogP contribution in [0.25, 0.3) is 10.9 Å². The Morgan fingerprint density at radius 2 is 2.05 bits per heavy atom. The largest absolute Gasteiger partial charge is 0.494 e. The number of benzene rings is 2. The number of anilines is 1. The first kappa shape index (κ1) is 13.4. The van der Waals surface area contributed by atoms with Gasteiger partial charge in [-0.1, -0.05) is 12.1 Å². The maximum Gasteiger partial charge on any atom is 0.144 e. The highest BCUT2D eigenvalue weighted by Crippen LogP contribution is 2.25. The second-order valence-corrected chi connectivity index (χ2v) is 4.73. The van der Waals surface area contributed by atoms with Crippen LogP contribution in [0.15, 0.2) is 54.7 Å². The Bertz CT molecular complexity index is 774. The molecule has 0 spiro atoms. The fourth-order valence-electron chi connectivity index (χ4n) is 2.24. The number of pyridine rings is 1. The van der Waals surface area contributed by atoms with Crippen LogP contribution in [-0.4, -0.2) is 12.1 Å². The van der Waals surface area contributed by atoms with Crippen molar-refractivity contribution >= 4 is 16.6 Å². The first-order chi connectivity index (χ1) is 10.3. The number of halogens is 1. The Balaban J connectivity index is 1.80. The van der Waals surface area contributed by atoms with E-state index in [1.807, 2.05) is 24.3 Å². The summed E-state index contributed by atoms with van der Waals surface area (Å²) in [5, 5.41) is 4.36. The van der Waals surface area contributed by atoms with Gasteiger partial charge in [0.2, 0.25) is 0 Å². The van der Waals surface area contributed by atoms with Crippen molar-refractivity contribution in [1.29, 1.82) is 0 Å². The van der Waals surface area contributed by atoms with Crippen LogP contribution in [0.5, 0.6) is 5.75 Å². The summed E-state index contributed by atoms with van der Waals surface area (Å²) in [7, 11) is 1.53. The highest BCUT2D eigenvalue weighted by atomic mass is 19.1. The van der Waals surface area contributed by atoms with Gasteiger partial charge in [-0.05, 0) is 35.9 Å². The fourth-order valence-corrected chi connectivity index (χ4v) is 2.24. The molecule has 1 aromatic heterocycles. The molecule has 0 bridgehead atoms. The molecule has 3 nitrogen and oxygen atoms in total. The SMILES string of the molecule is COc1cc(F)ccc1NCc1ccc2ncccc2c1. The number of fused-ring (bicyclic) bond motifs is 1. The predicted molar refractivity (Wildman–Crippen MR) is 82.0 cm³/mol. The lowest BCUT2D eigenvalue weighted by molar-refractivity contribution is 0.413. The Morgan fingerprint density at radius 1 is 1.14 bits per heavy atom. The molecule has 106 valence electrons. The Kier molecular flexibility index (Phi) is 3.69. The summed E-state index contributed by atoms with van der Waals surface area (Å²) in [6, 6.07) is 14.5. The van der Waals surface area contributed by atoms with E-state index in [4.69, 9.17) is 4.74 Å². The summed E-state index contributed by atoms with van der Waals surface area (Å²) in [5.74, 6) is 0.187. The number of methoxy groups -OCH3 is 1.